The first-order valence-corrected chi connectivity index (χ1v) is 5.30. The van der Waals surface area contributed by atoms with Crippen molar-refractivity contribution in [2.75, 3.05) is 0 Å². The van der Waals surface area contributed by atoms with Gasteiger partial charge in [-0.15, -0.1) is 0 Å². The van der Waals surface area contributed by atoms with E-state index in [1.54, 1.807) is 0 Å². The van der Waals surface area contributed by atoms with Crippen LogP contribution in [0.2, 0.25) is 0 Å². The van der Waals surface area contributed by atoms with Crippen LogP contribution in [0.15, 0.2) is 60.8 Å². The van der Waals surface area contributed by atoms with Crippen molar-refractivity contribution in [2.24, 2.45) is 0 Å². The summed E-state index contributed by atoms with van der Waals surface area (Å²) in [5.74, 6) is 0. The molecule has 0 spiro atoms. The molecular weight excluding hydrogens is 168 g/mol. The van der Waals surface area contributed by atoms with Crippen LogP contribution < -0.4 is 0 Å². The third kappa shape index (κ3) is 6.24. The predicted molar refractivity (Wildman–Crippen MR) is 64.2 cm³/mol. The smallest absolute Gasteiger partial charge is 0.0313 e. The Morgan fingerprint density at radius 1 is 0.357 bits per heavy atom. The van der Waals surface area contributed by atoms with Crippen LogP contribution in [0.25, 0.3) is 0 Å². The van der Waals surface area contributed by atoms with Crippen molar-refractivity contribution in [3.63, 3.8) is 0 Å². The van der Waals surface area contributed by atoms with E-state index in [0.717, 1.165) is 25.7 Å². The highest BCUT2D eigenvalue weighted by atomic mass is 13.8. The Labute approximate surface area is 87.0 Å². The zero-order valence-corrected chi connectivity index (χ0v) is 8.60. The molecule has 0 amide bonds. The molecule has 1 rings (SSSR count). The standard InChI is InChI=1S/C14H18/c1-2-4-6-8-10-12-14-13-11-9-7-5-3-1/h1-6,11-14H,7-10H2/b2-1-,5-3+,6-4+,13-11-,14-12+. The second-order valence-electron chi connectivity index (χ2n) is 3.25. The molecule has 0 aliphatic heterocycles. The first-order valence-electron chi connectivity index (χ1n) is 5.30. The van der Waals surface area contributed by atoms with E-state index in [1.165, 1.54) is 0 Å². The largest absolute Gasteiger partial charge is 0.0842 e. The molecule has 74 valence electrons. The highest BCUT2D eigenvalue weighted by molar-refractivity contribution is 5.12. The minimum Gasteiger partial charge on any atom is -0.0842 e. The SMILES string of the molecule is C1=C\C=C\CC/C=C/C=C\CC/C=C/1. The van der Waals surface area contributed by atoms with Crippen LogP contribution in [0.4, 0.5) is 0 Å². The molecule has 1 aliphatic rings. The van der Waals surface area contributed by atoms with Crippen molar-refractivity contribution in [3.05, 3.63) is 60.8 Å². The molecular formula is C14H18. The van der Waals surface area contributed by atoms with Crippen LogP contribution in [-0.2, 0) is 0 Å². The summed E-state index contributed by atoms with van der Waals surface area (Å²) in [5.41, 5.74) is 0. The summed E-state index contributed by atoms with van der Waals surface area (Å²) in [5, 5.41) is 0. The van der Waals surface area contributed by atoms with Gasteiger partial charge in [-0.1, -0.05) is 60.8 Å². The number of rotatable bonds is 0. The predicted octanol–water partition coefficient (Wildman–Crippen LogP) is 4.34. The summed E-state index contributed by atoms with van der Waals surface area (Å²) in [6.45, 7) is 0. The molecule has 0 fully saturated rings. The molecule has 0 aromatic heterocycles. The van der Waals surface area contributed by atoms with Crippen molar-refractivity contribution < 1.29 is 0 Å². The average Bonchev–Trinajstić information content (AvgIpc) is 2.22. The van der Waals surface area contributed by atoms with E-state index < -0.39 is 0 Å². The summed E-state index contributed by atoms with van der Waals surface area (Å²) in [6, 6.07) is 0. The zero-order chi connectivity index (χ0) is 9.90. The van der Waals surface area contributed by atoms with E-state index in [2.05, 4.69) is 60.8 Å². The average molecular weight is 186 g/mol. The van der Waals surface area contributed by atoms with Crippen LogP contribution in [0, 0.1) is 0 Å². The monoisotopic (exact) mass is 186 g/mol. The molecule has 0 N–H and O–H groups in total. The summed E-state index contributed by atoms with van der Waals surface area (Å²) >= 11 is 0. The van der Waals surface area contributed by atoms with Gasteiger partial charge in [0.2, 0.25) is 0 Å². The van der Waals surface area contributed by atoms with Crippen LogP contribution in [0.5, 0.6) is 0 Å². The normalized spacial score (nSPS) is 29.7. The third-order valence-corrected chi connectivity index (χ3v) is 1.99. The van der Waals surface area contributed by atoms with Crippen molar-refractivity contribution in [3.8, 4) is 0 Å². The number of hydrogen-bond donors (Lipinski definition) is 0. The third-order valence-electron chi connectivity index (χ3n) is 1.99. The van der Waals surface area contributed by atoms with Crippen LogP contribution in [-0.4, -0.2) is 0 Å². The second-order valence-corrected chi connectivity index (χ2v) is 3.25. The highest BCUT2D eigenvalue weighted by Gasteiger charge is 1.77. The molecule has 0 heteroatoms. The van der Waals surface area contributed by atoms with Gasteiger partial charge in [0.1, 0.15) is 0 Å². The summed E-state index contributed by atoms with van der Waals surface area (Å²) < 4.78 is 0. The van der Waals surface area contributed by atoms with E-state index in [1.807, 2.05) is 0 Å². The van der Waals surface area contributed by atoms with Gasteiger partial charge in [0.05, 0.1) is 0 Å². The van der Waals surface area contributed by atoms with Crippen molar-refractivity contribution >= 4 is 0 Å². The van der Waals surface area contributed by atoms with Crippen LogP contribution in [0.1, 0.15) is 25.7 Å². The summed E-state index contributed by atoms with van der Waals surface area (Å²) in [6.07, 6.45) is 26.0. The second kappa shape index (κ2) is 8.31. The first kappa shape index (κ1) is 10.8. The Hall–Kier alpha value is -1.30. The van der Waals surface area contributed by atoms with Gasteiger partial charge in [-0.25, -0.2) is 0 Å². The lowest BCUT2D eigenvalue weighted by molar-refractivity contribution is 1.04. The maximum atomic E-state index is 2.21. The Kier molecular flexibility index (Phi) is 6.39. The number of allylic oxidation sites excluding steroid dienone is 10. The van der Waals surface area contributed by atoms with E-state index in [-0.39, 0.29) is 0 Å². The molecule has 1 aliphatic carbocycles. The minimum absolute atomic E-state index is 1.12. The van der Waals surface area contributed by atoms with Gasteiger partial charge in [0, 0.05) is 0 Å². The molecule has 0 heterocycles. The molecule has 0 bridgehead atoms. The van der Waals surface area contributed by atoms with Gasteiger partial charge in [0.15, 0.2) is 0 Å². The maximum absolute atomic E-state index is 2.21. The van der Waals surface area contributed by atoms with Crippen LogP contribution >= 0.6 is 0 Å². The van der Waals surface area contributed by atoms with Crippen molar-refractivity contribution in [2.45, 2.75) is 25.7 Å². The molecule has 0 saturated heterocycles. The molecule has 0 nitrogen and oxygen atoms in total. The van der Waals surface area contributed by atoms with E-state index in [0.29, 0.717) is 0 Å². The quantitative estimate of drug-likeness (QED) is 0.528. The van der Waals surface area contributed by atoms with Crippen molar-refractivity contribution in [1.82, 2.24) is 0 Å². The van der Waals surface area contributed by atoms with Gasteiger partial charge >= 0.3 is 0 Å². The van der Waals surface area contributed by atoms with Gasteiger partial charge in [-0.2, -0.15) is 0 Å². The molecule has 0 saturated carbocycles. The van der Waals surface area contributed by atoms with Gasteiger partial charge in [-0.05, 0) is 25.7 Å². The number of hydrogen-bond acceptors (Lipinski definition) is 0. The fourth-order valence-corrected chi connectivity index (χ4v) is 1.21. The highest BCUT2D eigenvalue weighted by Crippen LogP contribution is 1.97. The van der Waals surface area contributed by atoms with Gasteiger partial charge in [-0.3, -0.25) is 0 Å². The summed E-state index contributed by atoms with van der Waals surface area (Å²) in [7, 11) is 0. The molecule has 0 atom stereocenters. The molecule has 0 radical (unpaired) electrons. The van der Waals surface area contributed by atoms with Crippen LogP contribution in [0.3, 0.4) is 0 Å². The molecule has 0 aromatic rings. The molecule has 14 heavy (non-hydrogen) atoms. The van der Waals surface area contributed by atoms with E-state index in [9.17, 15) is 0 Å². The fraction of sp³-hybridized carbons (Fsp3) is 0.286. The first-order chi connectivity index (χ1) is 7.00. The summed E-state index contributed by atoms with van der Waals surface area (Å²) in [4.78, 5) is 0. The Morgan fingerprint density at radius 3 is 1.00 bits per heavy atom. The molecule has 0 aromatic carbocycles. The van der Waals surface area contributed by atoms with E-state index >= 15 is 0 Å². The fourth-order valence-electron chi connectivity index (χ4n) is 1.21. The lowest BCUT2D eigenvalue weighted by atomic mass is 10.2. The Morgan fingerprint density at radius 2 is 0.643 bits per heavy atom. The maximum Gasteiger partial charge on any atom is -0.0313 e. The Bertz CT molecular complexity index is 234. The van der Waals surface area contributed by atoms with Gasteiger partial charge < -0.3 is 0 Å². The van der Waals surface area contributed by atoms with Crippen molar-refractivity contribution in [1.29, 1.82) is 0 Å². The zero-order valence-electron chi connectivity index (χ0n) is 8.60. The topological polar surface area (TPSA) is 0 Å². The lowest BCUT2D eigenvalue weighted by Gasteiger charge is -1.87. The minimum atomic E-state index is 1.12. The van der Waals surface area contributed by atoms with Gasteiger partial charge in [0.25, 0.3) is 0 Å². The van der Waals surface area contributed by atoms with E-state index in [4.69, 9.17) is 0 Å². The lowest BCUT2D eigenvalue weighted by Crippen LogP contribution is -1.66. The molecule has 0 unspecified atom stereocenters. The Balaban J connectivity index is 2.45.